The number of carbonyl (C=O) groups excluding carboxylic acids is 1. The van der Waals surface area contributed by atoms with Gasteiger partial charge in [-0.2, -0.15) is 0 Å². The number of rotatable bonds is 6. The molecule has 2 N–H and O–H groups in total. The van der Waals surface area contributed by atoms with Crippen LogP contribution in [0.2, 0.25) is 0 Å². The van der Waals surface area contributed by atoms with Crippen LogP contribution in [0, 0.1) is 0 Å². The van der Waals surface area contributed by atoms with Crippen molar-refractivity contribution in [3.63, 3.8) is 0 Å². The van der Waals surface area contributed by atoms with Gasteiger partial charge >= 0.3 is 0 Å². The van der Waals surface area contributed by atoms with Gasteiger partial charge in [-0.1, -0.05) is 24.3 Å². The summed E-state index contributed by atoms with van der Waals surface area (Å²) in [5.41, 5.74) is 3.15. The van der Waals surface area contributed by atoms with E-state index >= 15 is 0 Å². The average molecular weight is 404 g/mol. The summed E-state index contributed by atoms with van der Waals surface area (Å²) in [6.07, 6.45) is 3.47. The summed E-state index contributed by atoms with van der Waals surface area (Å²) in [6.45, 7) is 0.572. The van der Waals surface area contributed by atoms with E-state index in [1.165, 1.54) is 9.78 Å². The Morgan fingerprint density at radius 1 is 1.10 bits per heavy atom. The Kier molecular flexibility index (Phi) is 5.64. The van der Waals surface area contributed by atoms with E-state index in [2.05, 4.69) is 41.9 Å². The second-order valence-electron chi connectivity index (χ2n) is 7.16. The zero-order chi connectivity index (χ0) is 20.2. The minimum Gasteiger partial charge on any atom is -0.346 e. The lowest BCUT2D eigenvalue weighted by Gasteiger charge is -2.21. The fraction of sp³-hybridized carbons (Fsp3) is 0.174. The van der Waals surface area contributed by atoms with Crippen molar-refractivity contribution in [2.75, 3.05) is 20.6 Å². The second-order valence-corrected chi connectivity index (χ2v) is 8.14. The Bertz CT molecular complexity index is 1110. The van der Waals surface area contributed by atoms with Crippen LogP contribution in [0.1, 0.15) is 21.3 Å². The first kappa shape index (κ1) is 19.2. The molecule has 4 rings (SSSR count). The molecule has 0 fully saturated rings. The largest absolute Gasteiger partial charge is 0.346 e. The predicted octanol–water partition coefficient (Wildman–Crippen LogP) is 2.97. The number of hydrogen-bond acceptors (Lipinski definition) is 4. The summed E-state index contributed by atoms with van der Waals surface area (Å²) in [5, 5.41) is 6.07. The van der Waals surface area contributed by atoms with Gasteiger partial charge in [-0.25, -0.2) is 4.98 Å². The van der Waals surface area contributed by atoms with Crippen molar-refractivity contribution in [1.82, 2.24) is 15.3 Å². The Morgan fingerprint density at radius 2 is 1.90 bits per heavy atom. The van der Waals surface area contributed by atoms with Gasteiger partial charge in [-0.15, -0.1) is 11.3 Å². The van der Waals surface area contributed by atoms with E-state index < -0.39 is 0 Å². The number of nitrogens with zero attached hydrogens (tertiary/aromatic N) is 2. The molecule has 0 aliphatic carbocycles. The molecular formula is C23H23N4OS+. The molecule has 0 saturated heterocycles. The molecule has 0 unspecified atom stereocenters. The molecule has 0 bridgehead atoms. The van der Waals surface area contributed by atoms with Crippen molar-refractivity contribution in [2.24, 2.45) is 0 Å². The van der Waals surface area contributed by atoms with Crippen molar-refractivity contribution < 1.29 is 9.69 Å². The average Bonchev–Trinajstić information content (AvgIpc) is 3.28. The van der Waals surface area contributed by atoms with Crippen LogP contribution in [0.3, 0.4) is 0 Å². The molecule has 146 valence electrons. The molecular weight excluding hydrogens is 380 g/mol. The number of thiophene rings is 1. The number of pyridine rings is 2. The number of para-hydroxylation sites is 1. The Morgan fingerprint density at radius 3 is 2.62 bits per heavy atom. The fourth-order valence-electron chi connectivity index (χ4n) is 3.40. The fourth-order valence-corrected chi connectivity index (χ4v) is 4.36. The lowest BCUT2D eigenvalue weighted by atomic mass is 10.0. The Labute approximate surface area is 174 Å². The van der Waals surface area contributed by atoms with Crippen molar-refractivity contribution in [1.29, 1.82) is 0 Å². The molecule has 3 heterocycles. The van der Waals surface area contributed by atoms with E-state index in [9.17, 15) is 4.79 Å². The number of carbonyl (C=O) groups is 1. The molecule has 1 amide bonds. The summed E-state index contributed by atoms with van der Waals surface area (Å²) in [4.78, 5) is 24.5. The minimum absolute atomic E-state index is 0.0817. The number of aromatic nitrogens is 2. The maximum atomic E-state index is 13.2. The van der Waals surface area contributed by atoms with Crippen LogP contribution in [0.5, 0.6) is 0 Å². The highest BCUT2D eigenvalue weighted by Crippen LogP contribution is 2.24. The van der Waals surface area contributed by atoms with E-state index in [0.29, 0.717) is 12.1 Å². The summed E-state index contributed by atoms with van der Waals surface area (Å²) < 4.78 is 0. The normalized spacial score (nSPS) is 12.2. The van der Waals surface area contributed by atoms with E-state index in [4.69, 9.17) is 4.98 Å². The first-order valence-electron chi connectivity index (χ1n) is 9.55. The quantitative estimate of drug-likeness (QED) is 0.520. The zero-order valence-corrected chi connectivity index (χ0v) is 17.2. The van der Waals surface area contributed by atoms with E-state index in [1.807, 2.05) is 42.5 Å². The van der Waals surface area contributed by atoms with Gasteiger partial charge in [-0.05, 0) is 35.7 Å². The van der Waals surface area contributed by atoms with E-state index in [-0.39, 0.29) is 11.9 Å². The van der Waals surface area contributed by atoms with E-state index in [1.54, 1.807) is 23.7 Å². The molecule has 3 aromatic heterocycles. The van der Waals surface area contributed by atoms with Crippen LogP contribution in [0.25, 0.3) is 22.2 Å². The number of quaternary nitrogens is 1. The topological polar surface area (TPSA) is 59.3 Å². The van der Waals surface area contributed by atoms with Crippen LogP contribution in [0.15, 0.2) is 72.4 Å². The molecule has 4 aromatic rings. The third-order valence-electron chi connectivity index (χ3n) is 4.99. The second kappa shape index (κ2) is 8.51. The molecule has 0 aliphatic heterocycles. The number of benzene rings is 1. The SMILES string of the molecule is C[NH+](C)[C@H](CNC(=O)c1cc(-c2ccncc2)nc2ccccc12)c1cccs1. The van der Waals surface area contributed by atoms with Gasteiger partial charge < -0.3 is 10.2 Å². The first-order valence-corrected chi connectivity index (χ1v) is 10.4. The third-order valence-corrected chi connectivity index (χ3v) is 5.97. The monoisotopic (exact) mass is 403 g/mol. The lowest BCUT2D eigenvalue weighted by Crippen LogP contribution is -3.06. The number of amides is 1. The highest BCUT2D eigenvalue weighted by Gasteiger charge is 2.21. The van der Waals surface area contributed by atoms with Crippen LogP contribution in [-0.4, -0.2) is 36.5 Å². The highest BCUT2D eigenvalue weighted by atomic mass is 32.1. The maximum absolute atomic E-state index is 13.2. The van der Waals surface area contributed by atoms with Crippen molar-refractivity contribution in [3.8, 4) is 11.3 Å². The van der Waals surface area contributed by atoms with E-state index in [0.717, 1.165) is 22.2 Å². The lowest BCUT2D eigenvalue weighted by molar-refractivity contribution is -0.890. The van der Waals surface area contributed by atoms with Crippen LogP contribution in [-0.2, 0) is 0 Å². The van der Waals surface area contributed by atoms with Gasteiger partial charge in [0.1, 0.15) is 6.04 Å². The summed E-state index contributed by atoms with van der Waals surface area (Å²) in [7, 11) is 4.22. The smallest absolute Gasteiger partial charge is 0.252 e. The molecule has 0 saturated carbocycles. The molecule has 0 spiro atoms. The molecule has 1 atom stereocenters. The first-order chi connectivity index (χ1) is 14.1. The summed E-state index contributed by atoms with van der Waals surface area (Å²) >= 11 is 1.72. The Hall–Kier alpha value is -3.09. The molecule has 0 radical (unpaired) electrons. The third kappa shape index (κ3) is 4.18. The predicted molar refractivity (Wildman–Crippen MR) is 117 cm³/mol. The molecule has 29 heavy (non-hydrogen) atoms. The highest BCUT2D eigenvalue weighted by molar-refractivity contribution is 7.10. The minimum atomic E-state index is -0.0817. The zero-order valence-electron chi connectivity index (χ0n) is 16.4. The number of fused-ring (bicyclic) bond motifs is 1. The van der Waals surface area contributed by atoms with Gasteiger partial charge in [0, 0.05) is 23.3 Å². The van der Waals surface area contributed by atoms with Crippen LogP contribution >= 0.6 is 11.3 Å². The Balaban J connectivity index is 1.66. The number of likely N-dealkylation sites (N-methyl/N-ethyl adjacent to an activating group) is 1. The molecule has 1 aromatic carbocycles. The molecule has 5 nitrogen and oxygen atoms in total. The van der Waals surface area contributed by atoms with Crippen LogP contribution < -0.4 is 10.2 Å². The van der Waals surface area contributed by atoms with Crippen molar-refractivity contribution in [3.05, 3.63) is 82.8 Å². The van der Waals surface area contributed by atoms with Gasteiger partial charge in [0.05, 0.1) is 42.3 Å². The van der Waals surface area contributed by atoms with Gasteiger partial charge in [0.2, 0.25) is 0 Å². The number of nitrogens with one attached hydrogen (secondary N) is 2. The van der Waals surface area contributed by atoms with Gasteiger partial charge in [0.25, 0.3) is 5.91 Å². The maximum Gasteiger partial charge on any atom is 0.252 e. The number of hydrogen-bond donors (Lipinski definition) is 2. The van der Waals surface area contributed by atoms with Gasteiger partial charge in [-0.3, -0.25) is 9.78 Å². The molecule has 6 heteroatoms. The summed E-state index contributed by atoms with van der Waals surface area (Å²) in [6, 6.07) is 17.8. The van der Waals surface area contributed by atoms with Crippen LogP contribution in [0.4, 0.5) is 0 Å². The van der Waals surface area contributed by atoms with Crippen molar-refractivity contribution >= 4 is 28.1 Å². The van der Waals surface area contributed by atoms with Gasteiger partial charge in [0.15, 0.2) is 0 Å². The summed E-state index contributed by atoms with van der Waals surface area (Å²) in [5.74, 6) is -0.0817. The molecule has 0 aliphatic rings. The standard InChI is InChI=1S/C23H22N4OS/c1-27(2)21(22-8-5-13-29-22)15-25-23(28)18-14-20(16-9-11-24-12-10-16)26-19-7-4-3-6-17(18)19/h3-14,21H,15H2,1-2H3,(H,25,28)/p+1/t21-/m1/s1. The van der Waals surface area contributed by atoms with Crippen molar-refractivity contribution in [2.45, 2.75) is 6.04 Å².